The van der Waals surface area contributed by atoms with Gasteiger partial charge in [0, 0.05) is 25.8 Å². The molecule has 0 aromatic carbocycles. The zero-order valence-electron chi connectivity index (χ0n) is 23.7. The van der Waals surface area contributed by atoms with E-state index in [-0.39, 0.29) is 25.8 Å². The summed E-state index contributed by atoms with van der Waals surface area (Å²) in [4.78, 5) is 79.0. The molecule has 0 amide bonds. The van der Waals surface area contributed by atoms with E-state index in [0.29, 0.717) is 0 Å². The van der Waals surface area contributed by atoms with Gasteiger partial charge in [-0.05, 0) is 0 Å². The Kier molecular flexibility index (Phi) is 23.2. The molecule has 0 bridgehead atoms. The molecule has 0 saturated carbocycles. The molecule has 0 aromatic heterocycles. The van der Waals surface area contributed by atoms with Gasteiger partial charge >= 0.3 is 49.4 Å². The molecule has 0 aliphatic rings. The maximum atomic E-state index is 11.3. The van der Waals surface area contributed by atoms with Crippen LogP contribution in [0.25, 0.3) is 0 Å². The van der Waals surface area contributed by atoms with E-state index >= 15 is 0 Å². The molecular weight excluding hydrogens is 1000 g/mol. The van der Waals surface area contributed by atoms with E-state index in [1.807, 2.05) is 0 Å². The predicted molar refractivity (Wildman–Crippen MR) is 107 cm³/mol. The molecule has 0 rings (SSSR count). The first kappa shape index (κ1) is 58.8. The van der Waals surface area contributed by atoms with E-state index in [0.717, 1.165) is 0 Å². The van der Waals surface area contributed by atoms with Crippen molar-refractivity contribution in [2.24, 2.45) is 0 Å². The van der Waals surface area contributed by atoms with Crippen molar-refractivity contribution in [3.05, 3.63) is 0 Å². The Bertz CT molecular complexity index is 1010. The fraction of sp³-hybridized carbons (Fsp3) is 0.600. The zero-order chi connectivity index (χ0) is 43.4. The van der Waals surface area contributed by atoms with Gasteiger partial charge in [-0.15, -0.1) is 0 Å². The molecule has 0 aliphatic heterocycles. The number of rotatable bonds is 8. The summed E-state index contributed by atoms with van der Waals surface area (Å²) in [6.45, 7) is 0. The largest absolute Gasteiger partial charge is 0.450 e. The van der Waals surface area contributed by atoms with Crippen molar-refractivity contribution in [3.63, 3.8) is 0 Å². The third-order valence-corrected chi connectivity index (χ3v) is 3.81. The molecule has 53 heavy (non-hydrogen) atoms. The van der Waals surface area contributed by atoms with Crippen molar-refractivity contribution < 1.29 is 170 Å². The van der Waals surface area contributed by atoms with Gasteiger partial charge in [-0.25, -0.2) is 0 Å². The van der Waals surface area contributed by atoms with Crippen LogP contribution in [0.3, 0.4) is 0 Å². The molecule has 0 unspecified atom stereocenters. The van der Waals surface area contributed by atoms with Crippen molar-refractivity contribution in [2.75, 3.05) is 0 Å². The maximum absolute atomic E-state index is 11.3. The summed E-state index contributed by atoms with van der Waals surface area (Å²) in [5.41, 5.74) is 0. The Morgan fingerprint density at radius 2 is 0.264 bits per heavy atom. The number of halogens is 24. The molecule has 0 aliphatic carbocycles. The first-order valence-corrected chi connectivity index (χ1v) is 11.0. The van der Waals surface area contributed by atoms with Crippen LogP contribution in [0.5, 0.6) is 0 Å². The fourth-order valence-corrected chi connectivity index (χ4v) is 1.39. The van der Waals surface area contributed by atoms with E-state index in [4.69, 9.17) is 0 Å². The van der Waals surface area contributed by atoms with Gasteiger partial charge in [0.15, 0.2) is 0 Å². The predicted octanol–water partition coefficient (Wildman–Crippen LogP) is 6.55. The van der Waals surface area contributed by atoms with Crippen LogP contribution < -0.4 is 0 Å². The summed E-state index contributed by atoms with van der Waals surface area (Å²) in [5, 5.41) is 0. The van der Waals surface area contributed by atoms with Gasteiger partial charge in [-0.2, -0.15) is 105 Å². The van der Waals surface area contributed by atoms with E-state index < -0.39 is 121 Å². The number of carbonyl (C=O) groups is 8. The number of carbonyl (C=O) groups excluding carboxylic acids is 8. The minimum atomic E-state index is -5.40. The van der Waals surface area contributed by atoms with Crippen molar-refractivity contribution in [1.82, 2.24) is 0 Å². The molecule has 308 valence electrons. The van der Waals surface area contributed by atoms with E-state index in [1.54, 1.807) is 0 Å². The number of hydrogen-bond acceptors (Lipinski definition) is 8. The van der Waals surface area contributed by atoms with Crippen molar-refractivity contribution in [1.29, 1.82) is 0 Å². The third kappa shape index (κ3) is 28.7. The van der Waals surface area contributed by atoms with Crippen LogP contribution in [0, 0.1) is 0 Å². The normalized spacial score (nSPS) is 12.5. The molecular formula is C20H8F24HfO8. The van der Waals surface area contributed by atoms with Crippen LogP contribution in [0.4, 0.5) is 105 Å². The SMILES string of the molecule is O=C(CC(=O)C(F)(F)F)C(F)(F)F.O=C(CC(=O)C(F)(F)F)C(F)(F)F.O=C(CC(=O)C(F)(F)F)C(F)(F)F.O=C(CC(=O)C(F)(F)F)C(F)(F)F.[Hf]. The minimum absolute atomic E-state index is 0. The Hall–Kier alpha value is -3.45. The van der Waals surface area contributed by atoms with Gasteiger partial charge in [0.05, 0.1) is 25.7 Å². The maximum Gasteiger partial charge on any atom is 0.450 e. The van der Waals surface area contributed by atoms with Crippen LogP contribution in [0.15, 0.2) is 0 Å². The van der Waals surface area contributed by atoms with Gasteiger partial charge in [0.1, 0.15) is 0 Å². The number of alkyl halides is 24. The quantitative estimate of drug-likeness (QED) is 0.152. The second-order valence-electron chi connectivity index (χ2n) is 8.07. The molecule has 0 aromatic rings. The second-order valence-corrected chi connectivity index (χ2v) is 8.07. The van der Waals surface area contributed by atoms with Crippen LogP contribution in [-0.4, -0.2) is 95.7 Å². The van der Waals surface area contributed by atoms with Gasteiger partial charge in [0.25, 0.3) is 0 Å². The van der Waals surface area contributed by atoms with E-state index in [9.17, 15) is 144 Å². The summed E-state index contributed by atoms with van der Waals surface area (Å²) in [6.07, 6.45) is -52.0. The van der Waals surface area contributed by atoms with Crippen LogP contribution in [0.1, 0.15) is 25.7 Å². The van der Waals surface area contributed by atoms with Gasteiger partial charge in [-0.3, -0.25) is 38.4 Å². The molecule has 0 spiro atoms. The standard InChI is InChI=1S/4C5H2F6O2.Hf/c4*6-4(7,8)2(12)1-3(13)5(9,10)11;/h4*1H2;. The van der Waals surface area contributed by atoms with Crippen molar-refractivity contribution >= 4 is 46.3 Å². The fourth-order valence-electron chi connectivity index (χ4n) is 1.39. The Balaban J connectivity index is -0.000000192. The number of Topliss-reactive ketones (excluding diaryl/α,β-unsaturated/α-hetero) is 8. The molecule has 0 N–H and O–H groups in total. The molecule has 0 saturated heterocycles. The molecule has 0 fully saturated rings. The van der Waals surface area contributed by atoms with Crippen molar-refractivity contribution in [3.8, 4) is 0 Å². The first-order valence-electron chi connectivity index (χ1n) is 11.0. The van der Waals surface area contributed by atoms with E-state index in [1.165, 1.54) is 0 Å². The van der Waals surface area contributed by atoms with Gasteiger partial charge in [-0.1, -0.05) is 0 Å². The summed E-state index contributed by atoms with van der Waals surface area (Å²) >= 11 is 0. The van der Waals surface area contributed by atoms with Gasteiger partial charge < -0.3 is 0 Å². The average Bonchev–Trinajstić information content (AvgIpc) is 2.85. The molecule has 0 radical (unpaired) electrons. The zero-order valence-corrected chi connectivity index (χ0v) is 27.3. The summed E-state index contributed by atoms with van der Waals surface area (Å²) in [7, 11) is 0. The molecule has 0 atom stereocenters. The Labute approximate surface area is 291 Å². The Morgan fingerprint density at radius 1 is 0.208 bits per heavy atom. The smallest absolute Gasteiger partial charge is 0.289 e. The minimum Gasteiger partial charge on any atom is -0.289 e. The third-order valence-electron chi connectivity index (χ3n) is 3.81. The molecule has 33 heteroatoms. The van der Waals surface area contributed by atoms with Crippen LogP contribution in [-0.2, 0) is 64.2 Å². The summed E-state index contributed by atoms with van der Waals surface area (Å²) < 4.78 is 272. The van der Waals surface area contributed by atoms with Crippen LogP contribution in [0.2, 0.25) is 0 Å². The Morgan fingerprint density at radius 3 is 0.302 bits per heavy atom. The summed E-state index contributed by atoms with van der Waals surface area (Å²) in [5.74, 6) is -21.6. The number of ketones is 8. The molecule has 0 heterocycles. The topological polar surface area (TPSA) is 137 Å². The van der Waals surface area contributed by atoms with Gasteiger partial charge in [0.2, 0.25) is 46.3 Å². The van der Waals surface area contributed by atoms with E-state index in [2.05, 4.69) is 0 Å². The summed E-state index contributed by atoms with van der Waals surface area (Å²) in [6, 6.07) is 0. The number of hydrogen-bond donors (Lipinski definition) is 0. The van der Waals surface area contributed by atoms with Crippen molar-refractivity contribution in [2.45, 2.75) is 75.1 Å². The monoisotopic (exact) mass is 1010 g/mol. The first-order chi connectivity index (χ1) is 22.2. The second kappa shape index (κ2) is 20.9. The van der Waals surface area contributed by atoms with Crippen LogP contribution >= 0.6 is 0 Å². The average molecular weight is 1010 g/mol. The molecule has 8 nitrogen and oxygen atoms in total.